The molecule has 0 bridgehead atoms. The van der Waals surface area contributed by atoms with Gasteiger partial charge in [-0.15, -0.1) is 0 Å². The molecule has 0 aliphatic carbocycles. The number of rotatable bonds is 7. The van der Waals surface area contributed by atoms with E-state index in [1.54, 1.807) is 0 Å². The Morgan fingerprint density at radius 2 is 1.76 bits per heavy atom. The minimum absolute atomic E-state index is 0.183. The van der Waals surface area contributed by atoms with Crippen molar-refractivity contribution in [2.24, 2.45) is 5.92 Å². The van der Waals surface area contributed by atoms with Crippen LogP contribution in [0.4, 0.5) is 4.39 Å². The summed E-state index contributed by atoms with van der Waals surface area (Å²) in [6, 6.07) is 14.8. The summed E-state index contributed by atoms with van der Waals surface area (Å²) in [5.74, 6) is 0.283. The molecule has 0 spiro atoms. The van der Waals surface area contributed by atoms with E-state index in [2.05, 4.69) is 18.3 Å². The highest BCUT2D eigenvalue weighted by Crippen LogP contribution is 2.18. The van der Waals surface area contributed by atoms with Crippen molar-refractivity contribution in [3.05, 3.63) is 70.5 Å². The van der Waals surface area contributed by atoms with Crippen molar-refractivity contribution in [1.29, 1.82) is 0 Å². The molecular weight excluding hydrogens is 285 g/mol. The van der Waals surface area contributed by atoms with Crippen molar-refractivity contribution in [2.45, 2.75) is 19.8 Å². The van der Waals surface area contributed by atoms with Crippen molar-refractivity contribution in [3.8, 4) is 0 Å². The summed E-state index contributed by atoms with van der Waals surface area (Å²) in [6.07, 6.45) is 1.89. The quantitative estimate of drug-likeness (QED) is 0.794. The summed E-state index contributed by atoms with van der Waals surface area (Å²) in [7, 11) is 0. The van der Waals surface area contributed by atoms with Crippen LogP contribution in [0.2, 0.25) is 5.02 Å². The average molecular weight is 306 g/mol. The molecular formula is C18H21ClFN. The zero-order valence-corrected chi connectivity index (χ0v) is 13.0. The fraction of sp³-hybridized carbons (Fsp3) is 0.333. The molecule has 1 atom stereocenters. The van der Waals surface area contributed by atoms with Gasteiger partial charge in [-0.05, 0) is 67.2 Å². The summed E-state index contributed by atoms with van der Waals surface area (Å²) >= 11 is 6.05. The summed E-state index contributed by atoms with van der Waals surface area (Å²) in [4.78, 5) is 0. The molecule has 0 aliphatic rings. The average Bonchev–Trinajstić information content (AvgIpc) is 2.47. The number of benzene rings is 2. The van der Waals surface area contributed by atoms with E-state index in [4.69, 9.17) is 11.6 Å². The first-order chi connectivity index (χ1) is 10.2. The standard InChI is InChI=1S/C18H21ClFN/c1-2-21-13-16(10-14-6-8-18(20)9-7-14)11-15-4-3-5-17(19)12-15/h3-9,12,16,21H,2,10-11,13H2,1H3. The van der Waals surface area contributed by atoms with Crippen LogP contribution in [0.5, 0.6) is 0 Å². The zero-order chi connectivity index (χ0) is 15.1. The van der Waals surface area contributed by atoms with Gasteiger partial charge in [0.15, 0.2) is 0 Å². The van der Waals surface area contributed by atoms with Crippen LogP contribution < -0.4 is 5.32 Å². The van der Waals surface area contributed by atoms with Crippen molar-refractivity contribution in [2.75, 3.05) is 13.1 Å². The molecule has 112 valence electrons. The van der Waals surface area contributed by atoms with Gasteiger partial charge in [-0.2, -0.15) is 0 Å². The van der Waals surface area contributed by atoms with Crippen LogP contribution in [0.3, 0.4) is 0 Å². The van der Waals surface area contributed by atoms with Gasteiger partial charge >= 0.3 is 0 Å². The summed E-state index contributed by atoms with van der Waals surface area (Å²) in [5, 5.41) is 4.18. The van der Waals surface area contributed by atoms with Crippen LogP contribution >= 0.6 is 11.6 Å². The number of halogens is 2. The van der Waals surface area contributed by atoms with Gasteiger partial charge in [-0.3, -0.25) is 0 Å². The maximum absolute atomic E-state index is 13.0. The Morgan fingerprint density at radius 3 is 2.43 bits per heavy atom. The molecule has 0 saturated heterocycles. The first-order valence-corrected chi connectivity index (χ1v) is 7.74. The summed E-state index contributed by atoms with van der Waals surface area (Å²) in [6.45, 7) is 4.00. The molecule has 2 aromatic rings. The van der Waals surface area contributed by atoms with E-state index in [1.807, 2.05) is 30.3 Å². The molecule has 0 saturated carbocycles. The fourth-order valence-corrected chi connectivity index (χ4v) is 2.73. The highest BCUT2D eigenvalue weighted by molar-refractivity contribution is 6.30. The van der Waals surface area contributed by atoms with Gasteiger partial charge in [-0.25, -0.2) is 4.39 Å². The first-order valence-electron chi connectivity index (χ1n) is 7.37. The van der Waals surface area contributed by atoms with E-state index < -0.39 is 0 Å². The molecule has 0 aliphatic heterocycles. The lowest BCUT2D eigenvalue weighted by molar-refractivity contribution is 0.478. The summed E-state index contributed by atoms with van der Waals surface area (Å²) in [5.41, 5.74) is 2.41. The van der Waals surface area contributed by atoms with Gasteiger partial charge in [-0.1, -0.05) is 42.8 Å². The molecule has 1 unspecified atom stereocenters. The van der Waals surface area contributed by atoms with Crippen molar-refractivity contribution in [1.82, 2.24) is 5.32 Å². The number of hydrogen-bond acceptors (Lipinski definition) is 1. The molecule has 0 amide bonds. The molecule has 0 radical (unpaired) electrons. The number of nitrogens with one attached hydrogen (secondary N) is 1. The van der Waals surface area contributed by atoms with Gasteiger partial charge in [0.25, 0.3) is 0 Å². The van der Waals surface area contributed by atoms with Crippen LogP contribution in [0.15, 0.2) is 48.5 Å². The van der Waals surface area contributed by atoms with Gasteiger partial charge in [0.05, 0.1) is 0 Å². The van der Waals surface area contributed by atoms with Crippen LogP contribution in [0, 0.1) is 11.7 Å². The first kappa shape index (κ1) is 16.0. The molecule has 2 rings (SSSR count). The lowest BCUT2D eigenvalue weighted by Crippen LogP contribution is -2.25. The summed E-state index contributed by atoms with van der Waals surface area (Å²) < 4.78 is 13.0. The molecule has 2 aromatic carbocycles. The topological polar surface area (TPSA) is 12.0 Å². The Bertz CT molecular complexity index is 553. The molecule has 1 nitrogen and oxygen atoms in total. The second-order valence-corrected chi connectivity index (χ2v) is 5.77. The van der Waals surface area contributed by atoms with Crippen molar-refractivity contribution in [3.63, 3.8) is 0 Å². The third-order valence-corrected chi connectivity index (χ3v) is 3.77. The normalized spacial score (nSPS) is 12.3. The van der Waals surface area contributed by atoms with Crippen LogP contribution in [-0.2, 0) is 12.8 Å². The van der Waals surface area contributed by atoms with Gasteiger partial charge < -0.3 is 5.32 Å². The second kappa shape index (κ2) is 8.16. The lowest BCUT2D eigenvalue weighted by atomic mass is 9.92. The Morgan fingerprint density at radius 1 is 1.05 bits per heavy atom. The van der Waals surface area contributed by atoms with Crippen LogP contribution in [0.25, 0.3) is 0 Å². The molecule has 0 aromatic heterocycles. The Hall–Kier alpha value is -1.38. The van der Waals surface area contributed by atoms with E-state index in [-0.39, 0.29) is 5.82 Å². The lowest BCUT2D eigenvalue weighted by Gasteiger charge is -2.18. The van der Waals surface area contributed by atoms with E-state index in [1.165, 1.54) is 23.3 Å². The molecule has 0 fully saturated rings. The predicted molar refractivity (Wildman–Crippen MR) is 87.3 cm³/mol. The predicted octanol–water partition coefficient (Wildman–Crippen LogP) is 4.49. The van der Waals surface area contributed by atoms with Crippen LogP contribution in [0.1, 0.15) is 18.1 Å². The van der Waals surface area contributed by atoms with Crippen LogP contribution in [-0.4, -0.2) is 13.1 Å². The Kier molecular flexibility index (Phi) is 6.21. The monoisotopic (exact) mass is 305 g/mol. The third kappa shape index (κ3) is 5.49. The molecule has 1 N–H and O–H groups in total. The molecule has 0 heterocycles. The molecule has 21 heavy (non-hydrogen) atoms. The van der Waals surface area contributed by atoms with Crippen molar-refractivity contribution >= 4 is 11.6 Å². The van der Waals surface area contributed by atoms with E-state index in [0.717, 1.165) is 31.0 Å². The van der Waals surface area contributed by atoms with E-state index in [9.17, 15) is 4.39 Å². The zero-order valence-electron chi connectivity index (χ0n) is 12.3. The highest BCUT2D eigenvalue weighted by atomic mass is 35.5. The van der Waals surface area contributed by atoms with Crippen molar-refractivity contribution < 1.29 is 4.39 Å². The van der Waals surface area contributed by atoms with Gasteiger partial charge in [0, 0.05) is 5.02 Å². The Balaban J connectivity index is 2.04. The fourth-order valence-electron chi connectivity index (χ4n) is 2.52. The highest BCUT2D eigenvalue weighted by Gasteiger charge is 2.11. The maximum Gasteiger partial charge on any atom is 0.123 e. The molecule has 3 heteroatoms. The smallest absolute Gasteiger partial charge is 0.123 e. The minimum Gasteiger partial charge on any atom is -0.317 e. The second-order valence-electron chi connectivity index (χ2n) is 5.34. The Labute approximate surface area is 131 Å². The largest absolute Gasteiger partial charge is 0.317 e. The van der Waals surface area contributed by atoms with Gasteiger partial charge in [0.2, 0.25) is 0 Å². The van der Waals surface area contributed by atoms with E-state index in [0.29, 0.717) is 5.92 Å². The van der Waals surface area contributed by atoms with Gasteiger partial charge in [0.1, 0.15) is 5.82 Å². The number of hydrogen-bond donors (Lipinski definition) is 1. The maximum atomic E-state index is 13.0. The SMILES string of the molecule is CCNCC(Cc1ccc(F)cc1)Cc1cccc(Cl)c1. The van der Waals surface area contributed by atoms with E-state index >= 15 is 0 Å². The third-order valence-electron chi connectivity index (χ3n) is 3.53. The minimum atomic E-state index is -0.183.